The molecule has 1 aliphatic carbocycles. The van der Waals surface area contributed by atoms with E-state index in [2.05, 4.69) is 29.6 Å². The first-order chi connectivity index (χ1) is 7.27. The fourth-order valence-corrected chi connectivity index (χ4v) is 2.24. The largest absolute Gasteiger partial charge is 0.393 e. The number of rotatable bonds is 4. The molecule has 0 amide bonds. The topological polar surface area (TPSA) is 32.3 Å². The van der Waals surface area contributed by atoms with Gasteiger partial charge in [-0.3, -0.25) is 0 Å². The van der Waals surface area contributed by atoms with Gasteiger partial charge < -0.3 is 10.4 Å². The van der Waals surface area contributed by atoms with Crippen molar-refractivity contribution >= 4 is 0 Å². The average Bonchev–Trinajstić information content (AvgIpc) is 2.62. The Morgan fingerprint density at radius 3 is 3.07 bits per heavy atom. The van der Waals surface area contributed by atoms with Crippen molar-refractivity contribution in [1.82, 2.24) is 5.32 Å². The summed E-state index contributed by atoms with van der Waals surface area (Å²) in [5.74, 6) is 0. The van der Waals surface area contributed by atoms with Crippen molar-refractivity contribution in [2.24, 2.45) is 0 Å². The third-order valence-corrected chi connectivity index (χ3v) is 3.09. The normalized spacial score (nSPS) is 21.3. The summed E-state index contributed by atoms with van der Waals surface area (Å²) in [6, 6.07) is 9.14. The van der Waals surface area contributed by atoms with Gasteiger partial charge in [-0.05, 0) is 43.9 Å². The standard InChI is InChI=1S/C13H19NO/c1-10(15)8-9-14-13-7-6-11-4-2-3-5-12(11)13/h2-5,10,13-15H,6-9H2,1H3/t10-,13-/m1/s1. The van der Waals surface area contributed by atoms with E-state index in [9.17, 15) is 5.11 Å². The van der Waals surface area contributed by atoms with Crippen molar-refractivity contribution in [3.8, 4) is 0 Å². The number of nitrogens with one attached hydrogen (secondary N) is 1. The van der Waals surface area contributed by atoms with Gasteiger partial charge in [0.1, 0.15) is 0 Å². The lowest BCUT2D eigenvalue weighted by Crippen LogP contribution is -2.23. The second kappa shape index (κ2) is 4.77. The molecule has 2 atom stereocenters. The molecule has 1 aromatic rings. The van der Waals surface area contributed by atoms with Gasteiger partial charge >= 0.3 is 0 Å². The second-order valence-corrected chi connectivity index (χ2v) is 4.38. The summed E-state index contributed by atoms with van der Waals surface area (Å²) in [5.41, 5.74) is 2.93. The van der Waals surface area contributed by atoms with E-state index < -0.39 is 0 Å². The van der Waals surface area contributed by atoms with Crippen LogP contribution in [0.15, 0.2) is 24.3 Å². The molecule has 2 N–H and O–H groups in total. The number of hydrogen-bond donors (Lipinski definition) is 2. The molecule has 1 aliphatic rings. The highest BCUT2D eigenvalue weighted by atomic mass is 16.3. The van der Waals surface area contributed by atoms with Gasteiger partial charge in [-0.15, -0.1) is 0 Å². The Morgan fingerprint density at radius 2 is 2.27 bits per heavy atom. The van der Waals surface area contributed by atoms with Gasteiger partial charge in [0.05, 0.1) is 6.10 Å². The molecule has 0 saturated heterocycles. The summed E-state index contributed by atoms with van der Waals surface area (Å²) >= 11 is 0. The maximum Gasteiger partial charge on any atom is 0.0524 e. The Balaban J connectivity index is 1.90. The molecule has 0 fully saturated rings. The third kappa shape index (κ3) is 2.58. The van der Waals surface area contributed by atoms with Gasteiger partial charge in [0.15, 0.2) is 0 Å². The van der Waals surface area contributed by atoms with E-state index in [4.69, 9.17) is 0 Å². The number of hydrogen-bond acceptors (Lipinski definition) is 2. The maximum atomic E-state index is 9.18. The quantitative estimate of drug-likeness (QED) is 0.788. The van der Waals surface area contributed by atoms with Crippen LogP contribution in [0.5, 0.6) is 0 Å². The molecule has 82 valence electrons. The molecule has 1 aromatic carbocycles. The molecule has 0 saturated carbocycles. The summed E-state index contributed by atoms with van der Waals surface area (Å²) in [6.07, 6.45) is 3.01. The molecule has 0 bridgehead atoms. The zero-order valence-electron chi connectivity index (χ0n) is 9.24. The molecule has 2 heteroatoms. The van der Waals surface area contributed by atoms with E-state index in [1.807, 2.05) is 6.92 Å². The van der Waals surface area contributed by atoms with E-state index in [-0.39, 0.29) is 6.10 Å². The first kappa shape index (κ1) is 10.7. The highest BCUT2D eigenvalue weighted by Crippen LogP contribution is 2.30. The first-order valence-electron chi connectivity index (χ1n) is 5.76. The van der Waals surface area contributed by atoms with E-state index in [1.54, 1.807) is 0 Å². The van der Waals surface area contributed by atoms with Crippen LogP contribution in [0.2, 0.25) is 0 Å². The van der Waals surface area contributed by atoms with Crippen LogP contribution in [-0.2, 0) is 6.42 Å². The van der Waals surface area contributed by atoms with Crippen LogP contribution in [0.25, 0.3) is 0 Å². The maximum absolute atomic E-state index is 9.18. The van der Waals surface area contributed by atoms with E-state index in [1.165, 1.54) is 24.0 Å². The monoisotopic (exact) mass is 205 g/mol. The fraction of sp³-hybridized carbons (Fsp3) is 0.538. The summed E-state index contributed by atoms with van der Waals surface area (Å²) in [5, 5.41) is 12.7. The van der Waals surface area contributed by atoms with Crippen LogP contribution >= 0.6 is 0 Å². The predicted octanol–water partition coefficient (Wildman–Crippen LogP) is 2.03. The van der Waals surface area contributed by atoms with Crippen LogP contribution in [0.4, 0.5) is 0 Å². The minimum atomic E-state index is -0.200. The summed E-state index contributed by atoms with van der Waals surface area (Å²) < 4.78 is 0. The van der Waals surface area contributed by atoms with Crippen molar-refractivity contribution in [2.75, 3.05) is 6.54 Å². The second-order valence-electron chi connectivity index (χ2n) is 4.38. The van der Waals surface area contributed by atoms with Crippen molar-refractivity contribution < 1.29 is 5.11 Å². The van der Waals surface area contributed by atoms with Gasteiger partial charge in [0, 0.05) is 6.04 Å². The van der Waals surface area contributed by atoms with Gasteiger partial charge in [0.25, 0.3) is 0 Å². The highest BCUT2D eigenvalue weighted by Gasteiger charge is 2.20. The Bertz CT molecular complexity index is 322. The Hall–Kier alpha value is -0.860. The van der Waals surface area contributed by atoms with E-state index in [0.717, 1.165) is 13.0 Å². The van der Waals surface area contributed by atoms with Gasteiger partial charge in [-0.25, -0.2) is 0 Å². The molecule has 0 heterocycles. The molecule has 2 rings (SSSR count). The van der Waals surface area contributed by atoms with Crippen molar-refractivity contribution in [1.29, 1.82) is 0 Å². The molecule has 0 unspecified atom stereocenters. The summed E-state index contributed by atoms with van der Waals surface area (Å²) in [6.45, 7) is 2.74. The molecule has 2 nitrogen and oxygen atoms in total. The lowest BCUT2D eigenvalue weighted by Gasteiger charge is -2.14. The lowest BCUT2D eigenvalue weighted by molar-refractivity contribution is 0.182. The number of aryl methyl sites for hydroxylation is 1. The first-order valence-corrected chi connectivity index (χ1v) is 5.76. The van der Waals surface area contributed by atoms with E-state index >= 15 is 0 Å². The summed E-state index contributed by atoms with van der Waals surface area (Å²) in [4.78, 5) is 0. The van der Waals surface area contributed by atoms with Crippen LogP contribution in [0.3, 0.4) is 0 Å². The average molecular weight is 205 g/mol. The predicted molar refractivity (Wildman–Crippen MR) is 61.8 cm³/mol. The fourth-order valence-electron chi connectivity index (χ4n) is 2.24. The zero-order chi connectivity index (χ0) is 10.7. The van der Waals surface area contributed by atoms with Gasteiger partial charge in [0.2, 0.25) is 0 Å². The minimum Gasteiger partial charge on any atom is -0.393 e. The molecule has 15 heavy (non-hydrogen) atoms. The smallest absolute Gasteiger partial charge is 0.0524 e. The molecular formula is C13H19NO. The number of aliphatic hydroxyl groups excluding tert-OH is 1. The van der Waals surface area contributed by atoms with Crippen molar-refractivity contribution in [3.05, 3.63) is 35.4 Å². The minimum absolute atomic E-state index is 0.200. The van der Waals surface area contributed by atoms with E-state index in [0.29, 0.717) is 6.04 Å². The highest BCUT2D eigenvalue weighted by molar-refractivity contribution is 5.34. The van der Waals surface area contributed by atoms with Crippen LogP contribution in [0, 0.1) is 0 Å². The number of benzene rings is 1. The Morgan fingerprint density at radius 1 is 1.47 bits per heavy atom. The molecule has 0 aliphatic heterocycles. The zero-order valence-corrected chi connectivity index (χ0v) is 9.24. The van der Waals surface area contributed by atoms with Gasteiger partial charge in [-0.2, -0.15) is 0 Å². The van der Waals surface area contributed by atoms with Crippen LogP contribution in [-0.4, -0.2) is 17.8 Å². The number of aliphatic hydroxyl groups is 1. The lowest BCUT2D eigenvalue weighted by atomic mass is 10.1. The van der Waals surface area contributed by atoms with Crippen LogP contribution < -0.4 is 5.32 Å². The molecule has 0 aromatic heterocycles. The molecular weight excluding hydrogens is 186 g/mol. The molecule has 0 spiro atoms. The molecule has 0 radical (unpaired) electrons. The Labute approximate surface area is 91.3 Å². The summed E-state index contributed by atoms with van der Waals surface area (Å²) in [7, 11) is 0. The van der Waals surface area contributed by atoms with Crippen molar-refractivity contribution in [3.63, 3.8) is 0 Å². The third-order valence-electron chi connectivity index (χ3n) is 3.09. The van der Waals surface area contributed by atoms with Crippen LogP contribution in [0.1, 0.15) is 36.9 Å². The SMILES string of the molecule is C[C@@H](O)CCN[C@@H]1CCc2ccccc21. The Kier molecular flexibility index (Phi) is 3.39. The van der Waals surface area contributed by atoms with Gasteiger partial charge in [-0.1, -0.05) is 24.3 Å². The van der Waals surface area contributed by atoms with Crippen molar-refractivity contribution in [2.45, 2.75) is 38.3 Å². The number of fused-ring (bicyclic) bond motifs is 1.